The van der Waals surface area contributed by atoms with Crippen molar-refractivity contribution in [3.63, 3.8) is 0 Å². The quantitative estimate of drug-likeness (QED) is 0.666. The van der Waals surface area contributed by atoms with Crippen LogP contribution in [0.2, 0.25) is 0 Å². The third-order valence-corrected chi connectivity index (χ3v) is 3.04. The van der Waals surface area contributed by atoms with Crippen LogP contribution < -0.4 is 0 Å². The molecule has 1 unspecified atom stereocenters. The highest BCUT2D eigenvalue weighted by molar-refractivity contribution is 5.84. The molecule has 1 saturated heterocycles. The van der Waals surface area contributed by atoms with Gasteiger partial charge in [-0.25, -0.2) is 0 Å². The molecule has 0 aliphatic carbocycles. The maximum Gasteiger partial charge on any atom is 0.229 e. The summed E-state index contributed by atoms with van der Waals surface area (Å²) in [5, 5.41) is 0. The van der Waals surface area contributed by atoms with E-state index in [9.17, 15) is 4.79 Å². The van der Waals surface area contributed by atoms with Crippen molar-refractivity contribution < 1.29 is 4.79 Å². The first kappa shape index (κ1) is 12.8. The molecular formula is C14H21NO. The molecule has 88 valence electrons. The normalized spacial score (nSPS) is 24.3. The highest BCUT2D eigenvalue weighted by atomic mass is 16.2. The lowest BCUT2D eigenvalue weighted by Crippen LogP contribution is -2.21. The molecular weight excluding hydrogens is 198 g/mol. The molecule has 2 nitrogen and oxygen atoms in total. The summed E-state index contributed by atoms with van der Waals surface area (Å²) in [6.07, 6.45) is 8.13. The van der Waals surface area contributed by atoms with Crippen LogP contribution in [-0.2, 0) is 4.79 Å². The first-order chi connectivity index (χ1) is 7.56. The van der Waals surface area contributed by atoms with Crippen LogP contribution in [0.4, 0.5) is 0 Å². The molecule has 2 heteroatoms. The molecule has 0 N–H and O–H groups in total. The number of allylic oxidation sites excluding steroid dienone is 4. The summed E-state index contributed by atoms with van der Waals surface area (Å²) in [6, 6.07) is 0. The van der Waals surface area contributed by atoms with Gasteiger partial charge in [-0.05, 0) is 32.3 Å². The van der Waals surface area contributed by atoms with E-state index >= 15 is 0 Å². The summed E-state index contributed by atoms with van der Waals surface area (Å²) in [4.78, 5) is 13.4. The molecule has 1 atom stereocenters. The number of hydrogen-bond donors (Lipinski definition) is 0. The predicted octanol–water partition coefficient (Wildman–Crippen LogP) is 2.93. The van der Waals surface area contributed by atoms with Crippen molar-refractivity contribution in [3.05, 3.63) is 36.0 Å². The third-order valence-electron chi connectivity index (χ3n) is 3.04. The van der Waals surface area contributed by atoms with Crippen LogP contribution in [0.5, 0.6) is 0 Å². The Morgan fingerprint density at radius 2 is 2.31 bits per heavy atom. The van der Waals surface area contributed by atoms with Gasteiger partial charge in [0.2, 0.25) is 5.91 Å². The van der Waals surface area contributed by atoms with E-state index in [4.69, 9.17) is 0 Å². The number of hydrogen-bond acceptors (Lipinski definition) is 1. The third kappa shape index (κ3) is 3.09. The second-order valence-electron chi connectivity index (χ2n) is 4.47. The Hall–Kier alpha value is -1.31. The number of likely N-dealkylation sites (tertiary alicyclic amines) is 1. The molecule has 0 aromatic rings. The minimum atomic E-state index is 0.0669. The molecule has 0 aromatic heterocycles. The van der Waals surface area contributed by atoms with Crippen molar-refractivity contribution >= 4 is 5.91 Å². The molecule has 0 radical (unpaired) electrons. The Morgan fingerprint density at radius 3 is 2.81 bits per heavy atom. The molecule has 0 saturated carbocycles. The van der Waals surface area contributed by atoms with Crippen molar-refractivity contribution in [1.29, 1.82) is 0 Å². The summed E-state index contributed by atoms with van der Waals surface area (Å²) in [7, 11) is 1.86. The molecule has 0 spiro atoms. The van der Waals surface area contributed by atoms with E-state index in [-0.39, 0.29) is 11.8 Å². The zero-order chi connectivity index (χ0) is 12.1. The average molecular weight is 219 g/mol. The van der Waals surface area contributed by atoms with Crippen molar-refractivity contribution in [2.45, 2.75) is 26.7 Å². The van der Waals surface area contributed by atoms with E-state index in [2.05, 4.69) is 25.7 Å². The smallest absolute Gasteiger partial charge is 0.229 e. The Balaban J connectivity index is 2.59. The fraction of sp³-hybridized carbons (Fsp3) is 0.500. The van der Waals surface area contributed by atoms with Crippen molar-refractivity contribution in [1.82, 2.24) is 4.90 Å². The number of carbonyl (C=O) groups is 1. The summed E-state index contributed by atoms with van der Waals surface area (Å²) < 4.78 is 0. The minimum Gasteiger partial charge on any atom is -0.341 e. The van der Waals surface area contributed by atoms with Crippen LogP contribution in [-0.4, -0.2) is 24.4 Å². The van der Waals surface area contributed by atoms with Crippen molar-refractivity contribution in [2.75, 3.05) is 13.6 Å². The second kappa shape index (κ2) is 5.69. The second-order valence-corrected chi connectivity index (χ2v) is 4.47. The van der Waals surface area contributed by atoms with E-state index in [1.54, 1.807) is 4.90 Å². The number of rotatable bonds is 4. The predicted molar refractivity (Wildman–Crippen MR) is 68.1 cm³/mol. The standard InChI is InChI=1S/C14H21NO/c1-5-6-7-11(2)8-9-13-10-15(4)14(16)12(13)3/h5,7,9,12H,1,6,8,10H2,2-4H3/b11-7-,13-9-. The Bertz CT molecular complexity index is 339. The lowest BCUT2D eigenvalue weighted by Gasteiger charge is -2.04. The largest absolute Gasteiger partial charge is 0.341 e. The van der Waals surface area contributed by atoms with Gasteiger partial charge in [-0.1, -0.05) is 23.8 Å². The maximum absolute atomic E-state index is 11.6. The van der Waals surface area contributed by atoms with E-state index in [1.165, 1.54) is 11.1 Å². The fourth-order valence-corrected chi connectivity index (χ4v) is 1.88. The molecule has 1 heterocycles. The lowest BCUT2D eigenvalue weighted by atomic mass is 10.0. The van der Waals surface area contributed by atoms with Gasteiger partial charge < -0.3 is 4.90 Å². The lowest BCUT2D eigenvalue weighted by molar-refractivity contribution is -0.129. The Labute approximate surface area is 98.3 Å². The molecule has 1 amide bonds. The van der Waals surface area contributed by atoms with Crippen LogP contribution in [0, 0.1) is 5.92 Å². The number of carbonyl (C=O) groups excluding carboxylic acids is 1. The summed E-state index contributed by atoms with van der Waals surface area (Å²) in [5.74, 6) is 0.302. The molecule has 0 aromatic carbocycles. The molecule has 1 aliphatic heterocycles. The highest BCUT2D eigenvalue weighted by Crippen LogP contribution is 2.23. The van der Waals surface area contributed by atoms with Crippen LogP contribution >= 0.6 is 0 Å². The van der Waals surface area contributed by atoms with Gasteiger partial charge in [-0.2, -0.15) is 0 Å². The maximum atomic E-state index is 11.6. The van der Waals surface area contributed by atoms with E-state index < -0.39 is 0 Å². The molecule has 0 bridgehead atoms. The van der Waals surface area contributed by atoms with Gasteiger partial charge in [0.15, 0.2) is 0 Å². The number of nitrogens with zero attached hydrogens (tertiary/aromatic N) is 1. The summed E-state index contributed by atoms with van der Waals surface area (Å²) in [5.41, 5.74) is 2.58. The fourth-order valence-electron chi connectivity index (χ4n) is 1.88. The first-order valence-electron chi connectivity index (χ1n) is 5.76. The van der Waals surface area contributed by atoms with Gasteiger partial charge in [0.25, 0.3) is 0 Å². The monoisotopic (exact) mass is 219 g/mol. The van der Waals surface area contributed by atoms with Gasteiger partial charge in [-0.3, -0.25) is 4.79 Å². The van der Waals surface area contributed by atoms with Crippen LogP contribution in [0.1, 0.15) is 26.7 Å². The van der Waals surface area contributed by atoms with E-state index in [0.717, 1.165) is 19.4 Å². The highest BCUT2D eigenvalue weighted by Gasteiger charge is 2.29. The van der Waals surface area contributed by atoms with Crippen LogP contribution in [0.15, 0.2) is 36.0 Å². The van der Waals surface area contributed by atoms with Gasteiger partial charge in [0.1, 0.15) is 0 Å². The van der Waals surface area contributed by atoms with E-state index in [0.29, 0.717) is 0 Å². The SMILES string of the molecule is C=CC/C=C(/C)C/C=C1/CN(C)C(=O)C1C. The minimum absolute atomic E-state index is 0.0669. The average Bonchev–Trinajstić information content (AvgIpc) is 2.51. The van der Waals surface area contributed by atoms with Gasteiger partial charge in [0, 0.05) is 13.6 Å². The van der Waals surface area contributed by atoms with Crippen molar-refractivity contribution in [2.24, 2.45) is 5.92 Å². The first-order valence-corrected chi connectivity index (χ1v) is 5.76. The summed E-state index contributed by atoms with van der Waals surface area (Å²) in [6.45, 7) is 8.58. The topological polar surface area (TPSA) is 20.3 Å². The Morgan fingerprint density at radius 1 is 1.62 bits per heavy atom. The molecule has 16 heavy (non-hydrogen) atoms. The van der Waals surface area contributed by atoms with Crippen LogP contribution in [0.25, 0.3) is 0 Å². The van der Waals surface area contributed by atoms with E-state index in [1.807, 2.05) is 20.0 Å². The molecule has 1 rings (SSSR count). The number of likely N-dealkylation sites (N-methyl/N-ethyl adjacent to an activating group) is 1. The molecule has 1 aliphatic rings. The van der Waals surface area contributed by atoms with Crippen molar-refractivity contribution in [3.8, 4) is 0 Å². The zero-order valence-electron chi connectivity index (χ0n) is 10.5. The Kier molecular flexibility index (Phi) is 4.53. The van der Waals surface area contributed by atoms with Gasteiger partial charge >= 0.3 is 0 Å². The van der Waals surface area contributed by atoms with Gasteiger partial charge in [-0.15, -0.1) is 6.58 Å². The number of amides is 1. The summed E-state index contributed by atoms with van der Waals surface area (Å²) >= 11 is 0. The molecule has 1 fully saturated rings. The zero-order valence-corrected chi connectivity index (χ0v) is 10.5. The van der Waals surface area contributed by atoms with Crippen LogP contribution in [0.3, 0.4) is 0 Å². The van der Waals surface area contributed by atoms with Gasteiger partial charge in [0.05, 0.1) is 5.92 Å².